The third-order valence-corrected chi connectivity index (χ3v) is 7.07. The fourth-order valence-corrected chi connectivity index (χ4v) is 5.03. The number of aliphatic carboxylic acids is 1. The van der Waals surface area contributed by atoms with E-state index >= 15 is 4.39 Å². The minimum Gasteiger partial charge on any atom is -0.497 e. The SMILES string of the molecule is COc1ccc2nccc([C@H](F)CC[C@@H]3CCN(CCC4CC4)C[C@@H]3CC(=O)O)c2c1. The number of pyridine rings is 1. The predicted octanol–water partition coefficient (Wildman–Crippen LogP) is 5.25. The average molecular weight is 429 g/mol. The van der Waals surface area contributed by atoms with Crippen LogP contribution in [0.1, 0.15) is 56.7 Å². The molecular formula is C25H33FN2O3. The third kappa shape index (κ3) is 5.73. The van der Waals surface area contributed by atoms with Crippen molar-refractivity contribution < 1.29 is 19.0 Å². The summed E-state index contributed by atoms with van der Waals surface area (Å²) in [4.78, 5) is 18.2. The Balaban J connectivity index is 1.39. The lowest BCUT2D eigenvalue weighted by atomic mass is 9.79. The van der Waals surface area contributed by atoms with Gasteiger partial charge in [-0.1, -0.05) is 12.8 Å². The van der Waals surface area contributed by atoms with E-state index in [0.29, 0.717) is 24.2 Å². The molecule has 2 heterocycles. The zero-order valence-electron chi connectivity index (χ0n) is 18.3. The van der Waals surface area contributed by atoms with Crippen molar-refractivity contribution in [1.29, 1.82) is 0 Å². The second-order valence-corrected chi connectivity index (χ2v) is 9.27. The molecule has 0 spiro atoms. The zero-order chi connectivity index (χ0) is 21.8. The number of carboxylic acids is 1. The molecule has 1 aromatic heterocycles. The average Bonchev–Trinajstić information content (AvgIpc) is 3.60. The van der Waals surface area contributed by atoms with Crippen LogP contribution in [0.2, 0.25) is 0 Å². The summed E-state index contributed by atoms with van der Waals surface area (Å²) in [5.74, 6) is 1.19. The van der Waals surface area contributed by atoms with Gasteiger partial charge in [0.05, 0.1) is 12.6 Å². The van der Waals surface area contributed by atoms with Crippen LogP contribution in [-0.4, -0.2) is 47.7 Å². The van der Waals surface area contributed by atoms with Crippen LogP contribution in [0.3, 0.4) is 0 Å². The van der Waals surface area contributed by atoms with Gasteiger partial charge in [-0.25, -0.2) is 4.39 Å². The zero-order valence-corrected chi connectivity index (χ0v) is 18.3. The number of likely N-dealkylation sites (tertiary alicyclic amines) is 1. The highest BCUT2D eigenvalue weighted by atomic mass is 19.1. The molecular weight excluding hydrogens is 395 g/mol. The number of methoxy groups -OCH3 is 1. The molecule has 0 radical (unpaired) electrons. The predicted molar refractivity (Wildman–Crippen MR) is 119 cm³/mol. The number of halogens is 1. The Morgan fingerprint density at radius 1 is 1.26 bits per heavy atom. The standard InChI is InChI=1S/C25H33FN2O3/c1-31-20-5-7-24-22(15-20)21(8-11-27-24)23(26)6-4-18-10-13-28(12-9-17-2-3-17)16-19(18)14-25(29)30/h5,7-8,11,15,17-19,23H,2-4,6,9-10,12-14,16H2,1H3,(H,29,30)/t18-,19+,23-/m1/s1. The van der Waals surface area contributed by atoms with Crippen LogP contribution >= 0.6 is 0 Å². The molecule has 2 fully saturated rings. The van der Waals surface area contributed by atoms with E-state index in [1.54, 1.807) is 19.4 Å². The fraction of sp³-hybridized carbons (Fsp3) is 0.600. The number of benzene rings is 1. The largest absolute Gasteiger partial charge is 0.497 e. The number of nitrogens with zero attached hydrogens (tertiary/aromatic N) is 2. The minimum atomic E-state index is -1.10. The van der Waals surface area contributed by atoms with Crippen molar-refractivity contribution in [3.05, 3.63) is 36.0 Å². The number of hydrogen-bond donors (Lipinski definition) is 1. The molecule has 168 valence electrons. The van der Waals surface area contributed by atoms with Gasteiger partial charge in [0.2, 0.25) is 0 Å². The molecule has 0 unspecified atom stereocenters. The van der Waals surface area contributed by atoms with Gasteiger partial charge >= 0.3 is 5.97 Å². The molecule has 1 saturated heterocycles. The lowest BCUT2D eigenvalue weighted by Gasteiger charge is -2.38. The smallest absolute Gasteiger partial charge is 0.303 e. The number of carbonyl (C=O) groups is 1. The molecule has 1 aliphatic carbocycles. The van der Waals surface area contributed by atoms with E-state index < -0.39 is 12.1 Å². The van der Waals surface area contributed by atoms with Gasteiger partial charge in [-0.05, 0) is 86.4 Å². The molecule has 31 heavy (non-hydrogen) atoms. The Labute approximate surface area is 183 Å². The van der Waals surface area contributed by atoms with E-state index in [2.05, 4.69) is 9.88 Å². The molecule has 1 aliphatic heterocycles. The summed E-state index contributed by atoms with van der Waals surface area (Å²) in [7, 11) is 1.60. The molecule has 4 rings (SSSR count). The molecule has 0 amide bonds. The minimum absolute atomic E-state index is 0.104. The van der Waals surface area contributed by atoms with Crippen molar-refractivity contribution in [3.63, 3.8) is 0 Å². The van der Waals surface area contributed by atoms with Crippen LogP contribution in [0.15, 0.2) is 30.5 Å². The van der Waals surface area contributed by atoms with Gasteiger partial charge in [-0.3, -0.25) is 9.78 Å². The molecule has 6 heteroatoms. The summed E-state index contributed by atoms with van der Waals surface area (Å²) in [6.45, 7) is 2.90. The first-order valence-electron chi connectivity index (χ1n) is 11.5. The maximum Gasteiger partial charge on any atom is 0.303 e. The highest BCUT2D eigenvalue weighted by Gasteiger charge is 2.32. The third-order valence-electron chi connectivity index (χ3n) is 7.07. The number of fused-ring (bicyclic) bond motifs is 1. The van der Waals surface area contributed by atoms with Gasteiger partial charge in [-0.15, -0.1) is 0 Å². The Kier molecular flexibility index (Phi) is 7.06. The van der Waals surface area contributed by atoms with Gasteiger partial charge < -0.3 is 14.7 Å². The number of hydrogen-bond acceptors (Lipinski definition) is 4. The second-order valence-electron chi connectivity index (χ2n) is 9.27. The van der Waals surface area contributed by atoms with E-state index in [1.165, 1.54) is 19.3 Å². The Hall–Kier alpha value is -2.21. The normalized spacial score (nSPS) is 23.0. The molecule has 1 aromatic carbocycles. The summed E-state index contributed by atoms with van der Waals surface area (Å²) in [6.07, 6.45) is 6.73. The Morgan fingerprint density at radius 2 is 2.10 bits per heavy atom. The maximum atomic E-state index is 15.3. The topological polar surface area (TPSA) is 62.7 Å². The lowest BCUT2D eigenvalue weighted by Crippen LogP contribution is -2.42. The second kappa shape index (κ2) is 9.94. The van der Waals surface area contributed by atoms with Crippen LogP contribution < -0.4 is 4.74 Å². The number of aromatic nitrogens is 1. The van der Waals surface area contributed by atoms with Crippen LogP contribution in [-0.2, 0) is 4.79 Å². The summed E-state index contributed by atoms with van der Waals surface area (Å²) in [5.41, 5.74) is 1.40. The molecule has 5 nitrogen and oxygen atoms in total. The lowest BCUT2D eigenvalue weighted by molar-refractivity contribution is -0.139. The molecule has 1 N–H and O–H groups in total. The number of rotatable bonds is 10. The number of piperidine rings is 1. The summed E-state index contributed by atoms with van der Waals surface area (Å²) in [5, 5.41) is 10.2. The van der Waals surface area contributed by atoms with Gasteiger partial charge in [0.1, 0.15) is 11.9 Å². The Morgan fingerprint density at radius 3 is 2.84 bits per heavy atom. The van der Waals surface area contributed by atoms with Crippen molar-refractivity contribution in [3.8, 4) is 5.75 Å². The van der Waals surface area contributed by atoms with Crippen LogP contribution in [0.5, 0.6) is 5.75 Å². The van der Waals surface area contributed by atoms with Crippen molar-refractivity contribution in [2.45, 2.75) is 51.1 Å². The first kappa shape index (κ1) is 22.0. The van der Waals surface area contributed by atoms with E-state index in [9.17, 15) is 9.90 Å². The summed E-state index contributed by atoms with van der Waals surface area (Å²) < 4.78 is 20.6. The van der Waals surface area contributed by atoms with E-state index in [0.717, 1.165) is 42.9 Å². The van der Waals surface area contributed by atoms with Crippen LogP contribution in [0, 0.1) is 17.8 Å². The van der Waals surface area contributed by atoms with E-state index in [4.69, 9.17) is 4.74 Å². The molecule has 2 aromatic rings. The van der Waals surface area contributed by atoms with Gasteiger partial charge in [-0.2, -0.15) is 0 Å². The highest BCUT2D eigenvalue weighted by molar-refractivity contribution is 5.83. The van der Waals surface area contributed by atoms with E-state index in [1.807, 2.05) is 18.2 Å². The van der Waals surface area contributed by atoms with Gasteiger partial charge in [0.15, 0.2) is 0 Å². The first-order valence-corrected chi connectivity index (χ1v) is 11.5. The van der Waals surface area contributed by atoms with Crippen molar-refractivity contribution in [2.24, 2.45) is 17.8 Å². The molecule has 0 bridgehead atoms. The molecule has 3 atom stereocenters. The summed E-state index contributed by atoms with van der Waals surface area (Å²) in [6, 6.07) is 7.28. The van der Waals surface area contributed by atoms with Crippen LogP contribution in [0.25, 0.3) is 10.9 Å². The quantitative estimate of drug-likeness (QED) is 0.560. The first-order chi connectivity index (χ1) is 15.0. The monoisotopic (exact) mass is 428 g/mol. The van der Waals surface area contributed by atoms with Gasteiger partial charge in [0.25, 0.3) is 0 Å². The molecule has 1 saturated carbocycles. The fourth-order valence-electron chi connectivity index (χ4n) is 5.03. The van der Waals surface area contributed by atoms with E-state index in [-0.39, 0.29) is 18.3 Å². The summed E-state index contributed by atoms with van der Waals surface area (Å²) >= 11 is 0. The number of alkyl halides is 1. The van der Waals surface area contributed by atoms with Crippen molar-refractivity contribution in [1.82, 2.24) is 9.88 Å². The number of carboxylic acid groups (broad SMARTS) is 1. The van der Waals surface area contributed by atoms with Crippen molar-refractivity contribution >= 4 is 16.9 Å². The maximum absolute atomic E-state index is 15.3. The Bertz CT molecular complexity index is 901. The highest BCUT2D eigenvalue weighted by Crippen LogP contribution is 2.37. The van der Waals surface area contributed by atoms with Crippen LogP contribution in [0.4, 0.5) is 4.39 Å². The van der Waals surface area contributed by atoms with Crippen molar-refractivity contribution in [2.75, 3.05) is 26.7 Å². The number of ether oxygens (including phenoxy) is 1. The molecule has 2 aliphatic rings. The van der Waals surface area contributed by atoms with Gasteiger partial charge in [0, 0.05) is 24.5 Å².